The largest absolute Gasteiger partial charge is 0.493 e. The van der Waals surface area contributed by atoms with Gasteiger partial charge in [0.05, 0.1) is 38.4 Å². The van der Waals surface area contributed by atoms with Gasteiger partial charge in [0.2, 0.25) is 0 Å². The Bertz CT molecular complexity index is 643. The van der Waals surface area contributed by atoms with Crippen LogP contribution in [0, 0.1) is 5.82 Å². The molecule has 0 saturated carbocycles. The molecule has 2 aromatic rings. The smallest absolute Gasteiger partial charge is 0.160 e. The second-order valence-electron chi connectivity index (χ2n) is 5.52. The van der Waals surface area contributed by atoms with Crippen molar-refractivity contribution in [1.29, 1.82) is 0 Å². The van der Waals surface area contributed by atoms with Gasteiger partial charge in [-0.15, -0.1) is 0 Å². The second kappa shape index (κ2) is 8.18. The predicted octanol–water partition coefficient (Wildman–Crippen LogP) is 2.75. The molecule has 0 aliphatic rings. The number of ether oxygens (including phenoxy) is 2. The van der Waals surface area contributed by atoms with Crippen LogP contribution in [0.15, 0.2) is 36.4 Å². The fraction of sp³-hybridized carbons (Fsp3) is 0.333. The predicted molar refractivity (Wildman–Crippen MR) is 90.1 cm³/mol. The van der Waals surface area contributed by atoms with E-state index in [2.05, 4.69) is 0 Å². The molecular formula is C18H22ClFNO2+. The summed E-state index contributed by atoms with van der Waals surface area (Å²) >= 11 is 6.08. The number of methoxy groups -OCH3 is 2. The summed E-state index contributed by atoms with van der Waals surface area (Å²) < 4.78 is 24.4. The zero-order chi connectivity index (χ0) is 16.8. The fourth-order valence-electron chi connectivity index (χ4n) is 2.49. The first-order valence-electron chi connectivity index (χ1n) is 7.50. The highest BCUT2D eigenvalue weighted by Crippen LogP contribution is 2.27. The highest BCUT2D eigenvalue weighted by molar-refractivity contribution is 6.31. The number of likely N-dealkylation sites (N-methyl/N-ethyl adjacent to an activating group) is 1. The van der Waals surface area contributed by atoms with E-state index < -0.39 is 0 Å². The van der Waals surface area contributed by atoms with Gasteiger partial charge < -0.3 is 14.4 Å². The SMILES string of the molecule is COc1ccc(CC[NH+](C)Cc2c(F)cccc2Cl)cc1OC. The van der Waals surface area contributed by atoms with E-state index >= 15 is 0 Å². The first-order chi connectivity index (χ1) is 11.0. The van der Waals surface area contributed by atoms with E-state index in [1.165, 1.54) is 11.0 Å². The minimum atomic E-state index is -0.247. The molecule has 5 heteroatoms. The van der Waals surface area contributed by atoms with Crippen LogP contribution < -0.4 is 14.4 Å². The summed E-state index contributed by atoms with van der Waals surface area (Å²) in [6.07, 6.45) is 0.859. The number of rotatable bonds is 7. The van der Waals surface area contributed by atoms with E-state index in [1.54, 1.807) is 26.4 Å². The van der Waals surface area contributed by atoms with Crippen molar-refractivity contribution in [1.82, 2.24) is 0 Å². The molecule has 0 amide bonds. The fourth-order valence-corrected chi connectivity index (χ4v) is 2.72. The quantitative estimate of drug-likeness (QED) is 0.839. The Morgan fingerprint density at radius 1 is 1.09 bits per heavy atom. The number of hydrogen-bond acceptors (Lipinski definition) is 2. The molecule has 0 heterocycles. The van der Waals surface area contributed by atoms with Crippen LogP contribution >= 0.6 is 11.6 Å². The average Bonchev–Trinajstić information content (AvgIpc) is 2.56. The summed E-state index contributed by atoms with van der Waals surface area (Å²) in [7, 11) is 5.27. The van der Waals surface area contributed by atoms with Gasteiger partial charge in [0.15, 0.2) is 11.5 Å². The van der Waals surface area contributed by atoms with Gasteiger partial charge in [-0.1, -0.05) is 23.7 Å². The number of hydrogen-bond donors (Lipinski definition) is 1. The van der Waals surface area contributed by atoms with Gasteiger partial charge in [0.25, 0.3) is 0 Å². The van der Waals surface area contributed by atoms with Crippen molar-refractivity contribution in [2.75, 3.05) is 27.8 Å². The Morgan fingerprint density at radius 3 is 2.48 bits per heavy atom. The van der Waals surface area contributed by atoms with Gasteiger partial charge in [-0.05, 0) is 29.8 Å². The lowest BCUT2D eigenvalue weighted by Crippen LogP contribution is -3.07. The van der Waals surface area contributed by atoms with Crippen LogP contribution in [0.5, 0.6) is 11.5 Å². The molecule has 0 saturated heterocycles. The maximum Gasteiger partial charge on any atom is 0.160 e. The molecule has 0 aliphatic heterocycles. The topological polar surface area (TPSA) is 22.9 Å². The summed E-state index contributed by atoms with van der Waals surface area (Å²) in [4.78, 5) is 1.19. The van der Waals surface area contributed by atoms with E-state index in [4.69, 9.17) is 21.1 Å². The Labute approximate surface area is 141 Å². The summed E-state index contributed by atoms with van der Waals surface area (Å²) in [5.74, 6) is 1.19. The van der Waals surface area contributed by atoms with Crippen molar-refractivity contribution in [3.05, 3.63) is 58.4 Å². The van der Waals surface area contributed by atoms with Crippen molar-refractivity contribution in [3.8, 4) is 11.5 Å². The van der Waals surface area contributed by atoms with Crippen LogP contribution in [0.3, 0.4) is 0 Å². The highest BCUT2D eigenvalue weighted by Gasteiger charge is 2.13. The van der Waals surface area contributed by atoms with E-state index in [1.807, 2.05) is 25.2 Å². The summed E-state index contributed by atoms with van der Waals surface area (Å²) in [5.41, 5.74) is 1.72. The van der Waals surface area contributed by atoms with Crippen LogP contribution in [0.25, 0.3) is 0 Å². The molecule has 2 aromatic carbocycles. The van der Waals surface area contributed by atoms with E-state index in [9.17, 15) is 4.39 Å². The number of halogens is 2. The van der Waals surface area contributed by atoms with Gasteiger partial charge in [-0.2, -0.15) is 0 Å². The van der Waals surface area contributed by atoms with Crippen LogP contribution in [-0.4, -0.2) is 27.8 Å². The Hall–Kier alpha value is -1.78. The van der Waals surface area contributed by atoms with Crippen LogP contribution in [0.1, 0.15) is 11.1 Å². The lowest BCUT2D eigenvalue weighted by molar-refractivity contribution is -0.893. The Balaban J connectivity index is 1.98. The zero-order valence-corrected chi connectivity index (χ0v) is 14.4. The lowest BCUT2D eigenvalue weighted by Gasteiger charge is -2.16. The number of benzene rings is 2. The van der Waals surface area contributed by atoms with E-state index in [-0.39, 0.29) is 5.82 Å². The van der Waals surface area contributed by atoms with E-state index in [0.29, 0.717) is 17.1 Å². The summed E-state index contributed by atoms with van der Waals surface area (Å²) in [5, 5.41) is 0.482. The Kier molecular flexibility index (Phi) is 6.25. The Morgan fingerprint density at radius 2 is 1.83 bits per heavy atom. The number of nitrogens with one attached hydrogen (secondary N) is 1. The molecule has 23 heavy (non-hydrogen) atoms. The molecular weight excluding hydrogens is 317 g/mol. The molecule has 2 rings (SSSR count). The van der Waals surface area contributed by atoms with Crippen molar-refractivity contribution in [2.24, 2.45) is 0 Å². The van der Waals surface area contributed by atoms with Crippen LogP contribution in [-0.2, 0) is 13.0 Å². The van der Waals surface area contributed by atoms with Crippen molar-refractivity contribution in [3.63, 3.8) is 0 Å². The van der Waals surface area contributed by atoms with Crippen molar-refractivity contribution in [2.45, 2.75) is 13.0 Å². The average molecular weight is 339 g/mol. The minimum absolute atomic E-state index is 0.247. The molecule has 124 valence electrons. The molecule has 0 radical (unpaired) electrons. The normalized spacial score (nSPS) is 12.0. The third kappa shape index (κ3) is 4.60. The molecule has 0 aromatic heterocycles. The molecule has 0 fully saturated rings. The van der Waals surface area contributed by atoms with Crippen LogP contribution in [0.4, 0.5) is 4.39 Å². The van der Waals surface area contributed by atoms with Crippen molar-refractivity contribution < 1.29 is 18.8 Å². The van der Waals surface area contributed by atoms with Gasteiger partial charge in [0.1, 0.15) is 12.4 Å². The molecule has 1 N–H and O–H groups in total. The molecule has 0 spiro atoms. The van der Waals surface area contributed by atoms with Crippen molar-refractivity contribution >= 4 is 11.6 Å². The third-order valence-electron chi connectivity index (χ3n) is 3.83. The molecule has 1 unspecified atom stereocenters. The number of quaternary nitrogens is 1. The standard InChI is InChI=1S/C18H21ClFNO2/c1-21(12-14-15(19)5-4-6-16(14)20)10-9-13-7-8-17(22-2)18(11-13)23-3/h4-8,11H,9-10,12H2,1-3H3/p+1. The minimum Gasteiger partial charge on any atom is -0.493 e. The lowest BCUT2D eigenvalue weighted by atomic mass is 10.1. The summed E-state index contributed by atoms with van der Waals surface area (Å²) in [6.45, 7) is 1.42. The third-order valence-corrected chi connectivity index (χ3v) is 4.18. The van der Waals surface area contributed by atoms with Gasteiger partial charge >= 0.3 is 0 Å². The molecule has 0 bridgehead atoms. The maximum atomic E-state index is 13.8. The maximum absolute atomic E-state index is 13.8. The van der Waals surface area contributed by atoms with Crippen LogP contribution in [0.2, 0.25) is 5.02 Å². The van der Waals surface area contributed by atoms with E-state index in [0.717, 1.165) is 30.0 Å². The van der Waals surface area contributed by atoms with Gasteiger partial charge in [-0.25, -0.2) is 4.39 Å². The molecule has 0 aliphatic carbocycles. The second-order valence-corrected chi connectivity index (χ2v) is 5.93. The van der Waals surface area contributed by atoms with Gasteiger partial charge in [-0.3, -0.25) is 0 Å². The first kappa shape index (κ1) is 17.6. The zero-order valence-electron chi connectivity index (χ0n) is 13.7. The highest BCUT2D eigenvalue weighted by atomic mass is 35.5. The molecule has 1 atom stereocenters. The first-order valence-corrected chi connectivity index (χ1v) is 7.88. The monoisotopic (exact) mass is 338 g/mol. The molecule has 3 nitrogen and oxygen atoms in total. The van der Waals surface area contributed by atoms with Gasteiger partial charge in [0, 0.05) is 6.42 Å². The summed E-state index contributed by atoms with van der Waals surface area (Å²) in [6, 6.07) is 10.7.